The molecule has 3 N–H and O–H groups in total. The van der Waals surface area contributed by atoms with E-state index in [1.807, 2.05) is 37.3 Å². The van der Waals surface area contributed by atoms with Gasteiger partial charge in [0.25, 0.3) is 10.4 Å². The van der Waals surface area contributed by atoms with E-state index in [1.165, 1.54) is 0 Å². The molecule has 0 heterocycles. The van der Waals surface area contributed by atoms with Crippen molar-refractivity contribution in [1.82, 2.24) is 0 Å². The van der Waals surface area contributed by atoms with Gasteiger partial charge in [0.15, 0.2) is 0 Å². The van der Waals surface area contributed by atoms with Crippen LogP contribution in [0.15, 0.2) is 30.3 Å². The Bertz CT molecular complexity index is 327. The summed E-state index contributed by atoms with van der Waals surface area (Å²) in [4.78, 5) is 9.09. The summed E-state index contributed by atoms with van der Waals surface area (Å²) in [6, 6.07) is 9.71. The topological polar surface area (TPSA) is 64.3 Å². The number of primary amides is 1. The molecule has 0 unspecified atom stereocenters. The molecule has 0 aromatic heterocycles. The van der Waals surface area contributed by atoms with Crippen molar-refractivity contribution in [1.29, 1.82) is 0 Å². The van der Waals surface area contributed by atoms with Crippen LogP contribution in [0.1, 0.15) is 6.92 Å². The van der Waals surface area contributed by atoms with Gasteiger partial charge in [-0.3, -0.25) is 4.79 Å². The van der Waals surface area contributed by atoms with Crippen molar-refractivity contribution >= 4 is 40.9 Å². The number of amides is 1. The summed E-state index contributed by atoms with van der Waals surface area (Å²) < 4.78 is 5.07. The molecule has 1 rings (SSSR count). The maximum atomic E-state index is 9.09. The van der Waals surface area contributed by atoms with Crippen molar-refractivity contribution in [2.24, 2.45) is 5.73 Å². The summed E-state index contributed by atoms with van der Waals surface area (Å²) in [5, 5.41) is 2.73. The minimum Gasteiger partial charge on any atom is -0.471 e. The monoisotopic (exact) mass is 258 g/mol. The number of anilines is 1. The number of thiol groups is 1. The average Bonchev–Trinajstić information content (AvgIpc) is 2.18. The highest BCUT2D eigenvalue weighted by atomic mass is 32.1. The molecule has 0 atom stereocenters. The zero-order chi connectivity index (χ0) is 12.4. The Kier molecular flexibility index (Phi) is 8.28. The predicted octanol–water partition coefficient (Wildman–Crippen LogP) is 2.41. The molecule has 0 spiro atoms. The summed E-state index contributed by atoms with van der Waals surface area (Å²) in [7, 11) is 0. The van der Waals surface area contributed by atoms with Crippen molar-refractivity contribution < 1.29 is 9.53 Å². The third-order valence-electron chi connectivity index (χ3n) is 1.30. The number of para-hydroxylation sites is 1. The van der Waals surface area contributed by atoms with Crippen LogP contribution in [0.2, 0.25) is 0 Å². The molecule has 1 amide bonds. The van der Waals surface area contributed by atoms with Crippen LogP contribution in [0.5, 0.6) is 0 Å². The quantitative estimate of drug-likeness (QED) is 0.563. The number of thiocarbonyl (C=S) groups is 1. The van der Waals surface area contributed by atoms with E-state index in [-0.39, 0.29) is 0 Å². The average molecular weight is 258 g/mol. The predicted molar refractivity (Wildman–Crippen MR) is 72.9 cm³/mol. The van der Waals surface area contributed by atoms with Crippen molar-refractivity contribution in [2.75, 3.05) is 11.9 Å². The van der Waals surface area contributed by atoms with Gasteiger partial charge in [0.1, 0.15) is 0 Å². The molecule has 16 heavy (non-hydrogen) atoms. The van der Waals surface area contributed by atoms with Crippen LogP contribution in [0.25, 0.3) is 0 Å². The van der Waals surface area contributed by atoms with E-state index in [0.29, 0.717) is 11.8 Å². The van der Waals surface area contributed by atoms with Crippen LogP contribution >= 0.6 is 24.8 Å². The molecule has 1 aromatic rings. The molecule has 0 saturated carbocycles. The zero-order valence-corrected chi connectivity index (χ0v) is 10.6. The number of hydrogen-bond acceptors (Lipinski definition) is 3. The van der Waals surface area contributed by atoms with Crippen LogP contribution in [0, 0.1) is 0 Å². The van der Waals surface area contributed by atoms with E-state index in [1.54, 1.807) is 0 Å². The van der Waals surface area contributed by atoms with Crippen LogP contribution in [-0.2, 0) is 4.74 Å². The normalized spacial score (nSPS) is 8.38. The van der Waals surface area contributed by atoms with Gasteiger partial charge in [0, 0.05) is 5.69 Å². The first-order valence-corrected chi connectivity index (χ1v) is 5.39. The van der Waals surface area contributed by atoms with Crippen LogP contribution in [0.3, 0.4) is 0 Å². The highest BCUT2D eigenvalue weighted by Gasteiger charge is 1.94. The fourth-order valence-corrected chi connectivity index (χ4v) is 1.04. The summed E-state index contributed by atoms with van der Waals surface area (Å²) in [6.45, 7) is 2.50. The maximum Gasteiger partial charge on any atom is 0.273 e. The zero-order valence-electron chi connectivity index (χ0n) is 8.84. The van der Waals surface area contributed by atoms with E-state index in [9.17, 15) is 0 Å². The van der Waals surface area contributed by atoms with E-state index in [0.717, 1.165) is 5.69 Å². The van der Waals surface area contributed by atoms with E-state index in [2.05, 4.69) is 23.7 Å². The Morgan fingerprint density at radius 2 is 2.00 bits per heavy atom. The number of ether oxygens (including phenoxy) is 1. The number of hydrogen-bond donors (Lipinski definition) is 3. The second-order valence-electron chi connectivity index (χ2n) is 2.55. The molecule has 6 heteroatoms. The lowest BCUT2D eigenvalue weighted by atomic mass is 10.3. The smallest absolute Gasteiger partial charge is 0.273 e. The third-order valence-corrected chi connectivity index (χ3v) is 1.52. The lowest BCUT2D eigenvalue weighted by Crippen LogP contribution is -2.12. The molecule has 0 aliphatic rings. The molecule has 0 bridgehead atoms. The first-order valence-electron chi connectivity index (χ1n) is 4.53. The van der Waals surface area contributed by atoms with Gasteiger partial charge in [0.05, 0.1) is 6.61 Å². The first kappa shape index (κ1) is 14.7. The number of nitrogens with two attached hydrogens (primary N) is 1. The van der Waals surface area contributed by atoms with Crippen molar-refractivity contribution in [2.45, 2.75) is 6.92 Å². The molecule has 88 valence electrons. The summed E-state index contributed by atoms with van der Waals surface area (Å²) in [6.07, 6.45) is 0. The maximum absolute atomic E-state index is 9.09. The molecular formula is C10H14N2O2S2. The Hall–Kier alpha value is -1.27. The Labute approximate surface area is 106 Å². The Morgan fingerprint density at radius 3 is 2.44 bits per heavy atom. The molecular weight excluding hydrogens is 244 g/mol. The number of carbonyl (C=O) groups is 1. The lowest BCUT2D eigenvalue weighted by molar-refractivity contribution is 0.267. The van der Waals surface area contributed by atoms with Crippen LogP contribution in [-0.4, -0.2) is 17.0 Å². The molecule has 0 radical (unpaired) electrons. The van der Waals surface area contributed by atoms with Crippen molar-refractivity contribution in [3.8, 4) is 0 Å². The van der Waals surface area contributed by atoms with Gasteiger partial charge < -0.3 is 15.8 Å². The van der Waals surface area contributed by atoms with Crippen molar-refractivity contribution in [3.05, 3.63) is 30.3 Å². The van der Waals surface area contributed by atoms with Gasteiger partial charge >= 0.3 is 0 Å². The van der Waals surface area contributed by atoms with Gasteiger partial charge in [-0.1, -0.05) is 30.8 Å². The fraction of sp³-hybridized carbons (Fsp3) is 0.200. The summed E-state index contributed by atoms with van der Waals surface area (Å²) >= 11 is 8.01. The largest absolute Gasteiger partial charge is 0.471 e. The number of nitrogens with one attached hydrogen (secondary N) is 1. The van der Waals surface area contributed by atoms with E-state index >= 15 is 0 Å². The van der Waals surface area contributed by atoms with Crippen LogP contribution < -0.4 is 11.1 Å². The van der Waals surface area contributed by atoms with Crippen molar-refractivity contribution in [3.63, 3.8) is 0 Å². The van der Waals surface area contributed by atoms with Gasteiger partial charge in [0.2, 0.25) is 0 Å². The van der Waals surface area contributed by atoms with Gasteiger partial charge in [-0.2, -0.15) is 0 Å². The van der Waals surface area contributed by atoms with Crippen LogP contribution in [0.4, 0.5) is 10.5 Å². The van der Waals surface area contributed by atoms with E-state index < -0.39 is 5.24 Å². The lowest BCUT2D eigenvalue weighted by Gasteiger charge is -2.06. The number of carbonyl (C=O) groups excluding carboxylic acids is 1. The molecule has 0 fully saturated rings. The summed E-state index contributed by atoms with van der Waals surface area (Å²) in [5.74, 6) is 0. The number of rotatable bonds is 2. The second kappa shape index (κ2) is 8.99. The van der Waals surface area contributed by atoms with Gasteiger partial charge in [-0.15, -0.1) is 0 Å². The van der Waals surface area contributed by atoms with Gasteiger partial charge in [-0.05, 0) is 31.3 Å². The molecule has 0 aliphatic heterocycles. The molecule has 0 saturated heterocycles. The summed E-state index contributed by atoms with van der Waals surface area (Å²) in [5.41, 5.74) is 5.29. The van der Waals surface area contributed by atoms with Gasteiger partial charge in [-0.25, -0.2) is 0 Å². The molecule has 1 aromatic carbocycles. The highest BCUT2D eigenvalue weighted by Crippen LogP contribution is 2.04. The number of benzene rings is 1. The second-order valence-corrected chi connectivity index (χ2v) is 3.36. The SMILES string of the molecule is CCOC(=S)Nc1ccccc1.NC(=O)S. The molecule has 0 aliphatic carbocycles. The standard InChI is InChI=1S/C9H11NOS.CH3NOS/c1-2-11-9(12)10-8-6-4-3-5-7-8;2-1(3)4/h3-7H,2H2,1H3,(H,10,12);(H3,2,3,4). The minimum absolute atomic E-state index is 0.420. The molecule has 4 nitrogen and oxygen atoms in total. The third kappa shape index (κ3) is 9.29. The Morgan fingerprint density at radius 1 is 1.50 bits per heavy atom. The first-order chi connectivity index (χ1) is 7.56. The fourth-order valence-electron chi connectivity index (χ4n) is 0.807. The minimum atomic E-state index is -0.639. The van der Waals surface area contributed by atoms with E-state index in [4.69, 9.17) is 21.7 Å². The Balaban J connectivity index is 0.000000487. The highest BCUT2D eigenvalue weighted by molar-refractivity contribution is 7.96.